The van der Waals surface area contributed by atoms with Crippen LogP contribution in [0.1, 0.15) is 10.4 Å². The summed E-state index contributed by atoms with van der Waals surface area (Å²) in [5.74, 6) is -1.44. The first-order chi connectivity index (χ1) is 21.0. The summed E-state index contributed by atoms with van der Waals surface area (Å²) >= 11 is 0. The number of hydrogen-bond acceptors (Lipinski definition) is 7. The van der Waals surface area contributed by atoms with Crippen LogP contribution in [0.2, 0.25) is 0 Å². The normalized spacial score (nSPS) is 11.7. The van der Waals surface area contributed by atoms with Gasteiger partial charge in [-0.3, -0.25) is 18.5 Å². The van der Waals surface area contributed by atoms with Gasteiger partial charge in [0.2, 0.25) is 10.0 Å². The monoisotopic (exact) mass is 615 g/mol. The van der Waals surface area contributed by atoms with Gasteiger partial charge in [0.1, 0.15) is 29.3 Å². The molecule has 3 heterocycles. The van der Waals surface area contributed by atoms with Crippen LogP contribution in [0.15, 0.2) is 88.5 Å². The molecule has 13 heteroatoms. The number of furan rings is 1. The van der Waals surface area contributed by atoms with Gasteiger partial charge in [-0.05, 0) is 48.5 Å². The van der Waals surface area contributed by atoms with Gasteiger partial charge in [-0.1, -0.05) is 12.1 Å². The number of halogens is 2. The van der Waals surface area contributed by atoms with Gasteiger partial charge in [0, 0.05) is 48.4 Å². The average molecular weight is 616 g/mol. The Morgan fingerprint density at radius 1 is 0.977 bits per heavy atom. The minimum absolute atomic E-state index is 0.00170. The topological polar surface area (TPSA) is 127 Å². The third-order valence-corrected chi connectivity index (χ3v) is 8.43. The van der Waals surface area contributed by atoms with Crippen molar-refractivity contribution in [1.29, 1.82) is 0 Å². The SMILES string of the molecule is CNC(=O)c1c(-c2ccc(F)cc2)oc2cc(N(C)S(C)(=O)=O)c(-c3cnc4ncn(-c5ccccc5F)c(=O)c4c3)cc12. The predicted molar refractivity (Wildman–Crippen MR) is 162 cm³/mol. The number of aromatic nitrogens is 3. The molecule has 0 unspecified atom stereocenters. The number of pyridine rings is 1. The summed E-state index contributed by atoms with van der Waals surface area (Å²) in [5.41, 5.74) is 1.05. The maximum Gasteiger partial charge on any atom is 0.267 e. The first-order valence-electron chi connectivity index (χ1n) is 13.1. The summed E-state index contributed by atoms with van der Waals surface area (Å²) in [5, 5.41) is 2.97. The van der Waals surface area contributed by atoms with Gasteiger partial charge in [0.15, 0.2) is 5.65 Å². The molecule has 6 rings (SSSR count). The number of amides is 1. The molecule has 0 radical (unpaired) electrons. The molecule has 0 aliphatic carbocycles. The Hall–Kier alpha value is -5.43. The zero-order chi connectivity index (χ0) is 31.3. The number of hydrogen-bond donors (Lipinski definition) is 1. The quantitative estimate of drug-likeness (QED) is 0.283. The van der Waals surface area contributed by atoms with Crippen LogP contribution in [-0.4, -0.2) is 49.2 Å². The zero-order valence-electron chi connectivity index (χ0n) is 23.5. The van der Waals surface area contributed by atoms with Crippen LogP contribution in [0.25, 0.3) is 50.1 Å². The van der Waals surface area contributed by atoms with Crippen LogP contribution >= 0.6 is 0 Å². The van der Waals surface area contributed by atoms with E-state index in [1.54, 1.807) is 12.1 Å². The van der Waals surface area contributed by atoms with Crippen molar-refractivity contribution in [2.24, 2.45) is 0 Å². The predicted octanol–water partition coefficient (Wildman–Crippen LogP) is 4.89. The standard InChI is InChI=1S/C31H23F2N5O5S/c1-34-30(39)27-21-13-20(18-12-22-29(35-15-18)36-16-38(31(22)40)24-7-5-4-6-23(24)33)25(37(2)44(3,41)42)14-26(21)43-28(27)17-8-10-19(32)11-9-17/h4-16H,1-3H3,(H,34,39). The van der Waals surface area contributed by atoms with Crippen molar-refractivity contribution in [3.63, 3.8) is 0 Å². The third kappa shape index (κ3) is 4.86. The minimum Gasteiger partial charge on any atom is -0.455 e. The van der Waals surface area contributed by atoms with E-state index in [1.165, 1.54) is 81.2 Å². The first kappa shape index (κ1) is 28.7. The Morgan fingerprint density at radius 3 is 2.39 bits per heavy atom. The van der Waals surface area contributed by atoms with E-state index in [-0.39, 0.29) is 39.3 Å². The fourth-order valence-electron chi connectivity index (χ4n) is 4.94. The smallest absolute Gasteiger partial charge is 0.267 e. The largest absolute Gasteiger partial charge is 0.455 e. The fourth-order valence-corrected chi connectivity index (χ4v) is 5.44. The molecule has 1 N–H and O–H groups in total. The molecule has 0 fully saturated rings. The molecule has 0 aliphatic heterocycles. The lowest BCUT2D eigenvalue weighted by Gasteiger charge is -2.20. The van der Waals surface area contributed by atoms with Crippen LogP contribution < -0.4 is 15.2 Å². The van der Waals surface area contributed by atoms with Crippen molar-refractivity contribution < 1.29 is 26.4 Å². The van der Waals surface area contributed by atoms with Crippen molar-refractivity contribution in [1.82, 2.24) is 19.9 Å². The molecule has 0 spiro atoms. The van der Waals surface area contributed by atoms with E-state index < -0.39 is 33.1 Å². The molecule has 3 aromatic carbocycles. The molecule has 222 valence electrons. The maximum absolute atomic E-state index is 14.6. The van der Waals surface area contributed by atoms with Gasteiger partial charge in [-0.15, -0.1) is 0 Å². The van der Waals surface area contributed by atoms with Crippen LogP contribution in [0.5, 0.6) is 0 Å². The number of nitrogens with one attached hydrogen (secondary N) is 1. The summed E-state index contributed by atoms with van der Waals surface area (Å²) < 4.78 is 61.8. The van der Waals surface area contributed by atoms with E-state index in [4.69, 9.17) is 4.42 Å². The summed E-state index contributed by atoms with van der Waals surface area (Å²) in [6, 6.07) is 15.6. The molecule has 0 aliphatic rings. The van der Waals surface area contributed by atoms with Crippen LogP contribution in [0.3, 0.4) is 0 Å². The highest BCUT2D eigenvalue weighted by molar-refractivity contribution is 7.92. The van der Waals surface area contributed by atoms with E-state index in [2.05, 4.69) is 15.3 Å². The molecule has 6 aromatic rings. The summed E-state index contributed by atoms with van der Waals surface area (Å²) in [6.07, 6.45) is 3.63. The van der Waals surface area contributed by atoms with E-state index in [0.717, 1.165) is 15.1 Å². The molecule has 44 heavy (non-hydrogen) atoms. The number of carbonyl (C=O) groups is 1. The van der Waals surface area contributed by atoms with Gasteiger partial charge in [0.05, 0.1) is 28.6 Å². The summed E-state index contributed by atoms with van der Waals surface area (Å²) in [7, 11) is -1.00. The first-order valence-corrected chi connectivity index (χ1v) is 15.0. The number of benzene rings is 3. The lowest BCUT2D eigenvalue weighted by Crippen LogP contribution is -2.25. The number of carbonyl (C=O) groups excluding carboxylic acids is 1. The van der Waals surface area contributed by atoms with Crippen molar-refractivity contribution in [3.05, 3.63) is 107 Å². The number of anilines is 1. The van der Waals surface area contributed by atoms with Crippen LogP contribution in [-0.2, 0) is 10.0 Å². The summed E-state index contributed by atoms with van der Waals surface area (Å²) in [6.45, 7) is 0. The van der Waals surface area contributed by atoms with Gasteiger partial charge in [0.25, 0.3) is 11.5 Å². The van der Waals surface area contributed by atoms with E-state index in [9.17, 15) is 26.8 Å². The molecule has 0 atom stereocenters. The molecule has 3 aromatic heterocycles. The van der Waals surface area contributed by atoms with Crippen molar-refractivity contribution >= 4 is 43.6 Å². The molecular weight excluding hydrogens is 592 g/mol. The minimum atomic E-state index is -3.80. The van der Waals surface area contributed by atoms with Crippen LogP contribution in [0.4, 0.5) is 14.5 Å². The van der Waals surface area contributed by atoms with Gasteiger partial charge in [-0.2, -0.15) is 0 Å². The van der Waals surface area contributed by atoms with E-state index in [0.29, 0.717) is 22.1 Å². The Labute approximate surface area is 249 Å². The number of nitrogens with zero attached hydrogens (tertiary/aromatic N) is 4. The molecule has 0 bridgehead atoms. The highest BCUT2D eigenvalue weighted by Gasteiger charge is 2.26. The van der Waals surface area contributed by atoms with E-state index >= 15 is 0 Å². The second kappa shape index (κ2) is 10.7. The molecule has 10 nitrogen and oxygen atoms in total. The number of rotatable bonds is 6. The number of fused-ring (bicyclic) bond motifs is 2. The lowest BCUT2D eigenvalue weighted by molar-refractivity contribution is 0.0964. The zero-order valence-corrected chi connectivity index (χ0v) is 24.3. The Balaban J connectivity index is 1.65. The third-order valence-electron chi connectivity index (χ3n) is 7.24. The number of sulfonamides is 1. The van der Waals surface area contributed by atoms with Gasteiger partial charge in [-0.25, -0.2) is 27.2 Å². The summed E-state index contributed by atoms with van der Waals surface area (Å²) in [4.78, 5) is 35.2. The average Bonchev–Trinajstić information content (AvgIpc) is 3.38. The molecule has 0 saturated heterocycles. The van der Waals surface area contributed by atoms with Crippen molar-refractivity contribution in [2.75, 3.05) is 24.7 Å². The second-order valence-corrected chi connectivity index (χ2v) is 12.0. The highest BCUT2D eigenvalue weighted by atomic mass is 32.2. The molecule has 0 saturated carbocycles. The Kier molecular flexibility index (Phi) is 6.97. The van der Waals surface area contributed by atoms with E-state index in [1.807, 2.05) is 0 Å². The van der Waals surface area contributed by atoms with Crippen molar-refractivity contribution in [2.45, 2.75) is 0 Å². The lowest BCUT2D eigenvalue weighted by atomic mass is 9.99. The number of para-hydroxylation sites is 1. The second-order valence-electron chi connectivity index (χ2n) is 9.95. The van der Waals surface area contributed by atoms with Gasteiger partial charge >= 0.3 is 0 Å². The van der Waals surface area contributed by atoms with Gasteiger partial charge < -0.3 is 9.73 Å². The Bertz CT molecular complexity index is 2280. The molecular formula is C31H23F2N5O5S. The van der Waals surface area contributed by atoms with Crippen LogP contribution in [0, 0.1) is 11.6 Å². The molecule has 1 amide bonds. The maximum atomic E-state index is 14.6. The fraction of sp³-hybridized carbons (Fsp3) is 0.0968. The Morgan fingerprint density at radius 2 is 1.70 bits per heavy atom. The highest BCUT2D eigenvalue weighted by Crippen LogP contribution is 2.41. The van der Waals surface area contributed by atoms with Crippen molar-refractivity contribution in [3.8, 4) is 28.1 Å².